The molecule has 0 unspecified atom stereocenters. The molecule has 0 bridgehead atoms. The van der Waals surface area contributed by atoms with Crippen molar-refractivity contribution < 1.29 is 9.47 Å². The minimum atomic E-state index is -0.522. The Bertz CT molecular complexity index is 750. The van der Waals surface area contributed by atoms with Crippen molar-refractivity contribution in [2.45, 2.75) is 37.9 Å². The average Bonchev–Trinajstić information content (AvgIpc) is 2.58. The van der Waals surface area contributed by atoms with Crippen LogP contribution in [0.15, 0.2) is 45.3 Å². The average molecular weight is 450 g/mol. The van der Waals surface area contributed by atoms with Gasteiger partial charge in [0.15, 0.2) is 0 Å². The molecule has 2 aromatic carbocycles. The van der Waals surface area contributed by atoms with Crippen LogP contribution < -0.4 is 9.47 Å². The smallest absolute Gasteiger partial charge is 0.257 e. The van der Waals surface area contributed by atoms with Crippen LogP contribution in [0.2, 0.25) is 0 Å². The maximum absolute atomic E-state index is 6.68. The van der Waals surface area contributed by atoms with Crippen molar-refractivity contribution in [3.8, 4) is 11.5 Å². The van der Waals surface area contributed by atoms with Crippen molar-refractivity contribution in [3.63, 3.8) is 0 Å². The lowest BCUT2D eigenvalue weighted by molar-refractivity contribution is -0.226. The molecular formula is C20H18Br2O2. The van der Waals surface area contributed by atoms with Crippen molar-refractivity contribution in [3.05, 3.63) is 56.5 Å². The van der Waals surface area contributed by atoms with E-state index in [9.17, 15) is 0 Å². The molecule has 2 heterocycles. The van der Waals surface area contributed by atoms with Crippen molar-refractivity contribution in [2.75, 3.05) is 0 Å². The Kier molecular flexibility index (Phi) is 3.50. The molecule has 0 saturated heterocycles. The molecule has 1 fully saturated rings. The second-order valence-corrected chi connectivity index (χ2v) is 8.82. The summed E-state index contributed by atoms with van der Waals surface area (Å²) in [7, 11) is 0. The van der Waals surface area contributed by atoms with Crippen LogP contribution in [0.3, 0.4) is 0 Å². The van der Waals surface area contributed by atoms with Crippen LogP contribution in [0, 0.1) is 11.8 Å². The number of para-hydroxylation sites is 2. The summed E-state index contributed by atoms with van der Waals surface area (Å²) in [6.45, 7) is 0. The Morgan fingerprint density at radius 2 is 1.29 bits per heavy atom. The monoisotopic (exact) mass is 448 g/mol. The van der Waals surface area contributed by atoms with Crippen molar-refractivity contribution >= 4 is 31.9 Å². The van der Waals surface area contributed by atoms with E-state index in [-0.39, 0.29) is 0 Å². The molecule has 24 heavy (non-hydrogen) atoms. The molecule has 0 aromatic heterocycles. The second kappa shape index (κ2) is 5.50. The molecule has 2 atom stereocenters. The fourth-order valence-electron chi connectivity index (χ4n) is 4.70. The maximum atomic E-state index is 6.68. The number of halogens is 2. The van der Waals surface area contributed by atoms with Gasteiger partial charge in [-0.1, -0.05) is 30.7 Å². The summed E-state index contributed by atoms with van der Waals surface area (Å²) in [6.07, 6.45) is 5.66. The van der Waals surface area contributed by atoms with E-state index in [1.54, 1.807) is 0 Å². The maximum Gasteiger partial charge on any atom is 0.257 e. The van der Waals surface area contributed by atoms with E-state index in [2.05, 4.69) is 68.3 Å². The van der Waals surface area contributed by atoms with Gasteiger partial charge in [-0.25, -0.2) is 0 Å². The summed E-state index contributed by atoms with van der Waals surface area (Å²) in [5, 5.41) is 0. The third kappa shape index (κ3) is 2.12. The molecule has 4 heteroatoms. The molecule has 1 spiro atoms. The molecule has 0 radical (unpaired) electrons. The summed E-state index contributed by atoms with van der Waals surface area (Å²) < 4.78 is 15.4. The zero-order valence-electron chi connectivity index (χ0n) is 13.2. The largest absolute Gasteiger partial charge is 0.450 e. The topological polar surface area (TPSA) is 18.5 Å². The lowest BCUT2D eigenvalue weighted by Gasteiger charge is -2.53. The van der Waals surface area contributed by atoms with Crippen LogP contribution in [0.4, 0.5) is 0 Å². The summed E-state index contributed by atoms with van der Waals surface area (Å²) >= 11 is 7.34. The highest BCUT2D eigenvalue weighted by atomic mass is 79.9. The Labute approximate surface area is 158 Å². The molecule has 3 aliphatic rings. The minimum Gasteiger partial charge on any atom is -0.450 e. The number of ether oxygens (including phenoxy) is 2. The molecule has 0 N–H and O–H groups in total. The second-order valence-electron chi connectivity index (χ2n) is 7.11. The molecule has 0 amide bonds. The van der Waals surface area contributed by atoms with Crippen LogP contribution in [-0.2, 0) is 12.8 Å². The Morgan fingerprint density at radius 3 is 1.79 bits per heavy atom. The van der Waals surface area contributed by atoms with Gasteiger partial charge in [-0.2, -0.15) is 0 Å². The summed E-state index contributed by atoms with van der Waals surface area (Å²) in [4.78, 5) is 0. The molecule has 2 nitrogen and oxygen atoms in total. The van der Waals surface area contributed by atoms with Gasteiger partial charge in [0, 0.05) is 11.8 Å². The predicted octanol–water partition coefficient (Wildman–Crippen LogP) is 5.89. The lowest BCUT2D eigenvalue weighted by Crippen LogP contribution is -2.61. The number of fused-ring (bicyclic) bond motifs is 2. The lowest BCUT2D eigenvalue weighted by atomic mass is 9.68. The van der Waals surface area contributed by atoms with Gasteiger partial charge in [0.05, 0.1) is 8.95 Å². The van der Waals surface area contributed by atoms with Crippen LogP contribution in [0.5, 0.6) is 11.5 Å². The number of hydrogen-bond donors (Lipinski definition) is 0. The first-order chi connectivity index (χ1) is 11.7. The van der Waals surface area contributed by atoms with Gasteiger partial charge < -0.3 is 9.47 Å². The van der Waals surface area contributed by atoms with E-state index in [0.717, 1.165) is 33.3 Å². The van der Waals surface area contributed by atoms with Crippen LogP contribution in [0.25, 0.3) is 0 Å². The molecular weight excluding hydrogens is 432 g/mol. The van der Waals surface area contributed by atoms with E-state index in [0.29, 0.717) is 11.8 Å². The van der Waals surface area contributed by atoms with Gasteiger partial charge in [0.25, 0.3) is 5.79 Å². The highest BCUT2D eigenvalue weighted by molar-refractivity contribution is 9.10. The fourth-order valence-corrected chi connectivity index (χ4v) is 5.67. The van der Waals surface area contributed by atoms with Crippen LogP contribution >= 0.6 is 31.9 Å². The first-order valence-electron chi connectivity index (χ1n) is 8.60. The molecule has 1 saturated carbocycles. The van der Waals surface area contributed by atoms with E-state index in [1.807, 2.05) is 0 Å². The van der Waals surface area contributed by atoms with E-state index >= 15 is 0 Å². The fraction of sp³-hybridized carbons (Fsp3) is 0.400. The molecule has 2 aromatic rings. The van der Waals surface area contributed by atoms with E-state index in [1.165, 1.54) is 30.4 Å². The van der Waals surface area contributed by atoms with Crippen molar-refractivity contribution in [1.29, 1.82) is 0 Å². The number of hydrogen-bond acceptors (Lipinski definition) is 2. The zero-order valence-corrected chi connectivity index (χ0v) is 16.4. The summed E-state index contributed by atoms with van der Waals surface area (Å²) in [5.74, 6) is 2.25. The van der Waals surface area contributed by atoms with Gasteiger partial charge in [0.1, 0.15) is 11.5 Å². The van der Waals surface area contributed by atoms with Gasteiger partial charge in [0.2, 0.25) is 0 Å². The third-order valence-corrected chi connectivity index (χ3v) is 7.04. The standard InChI is InChI=1S/C20H18Br2O2/c21-16-8-1-4-12-10-14-6-3-7-15-11-13-5-2-9-17(22)19(13)24-20(14,15)23-18(12)16/h1-2,4-5,8-9,14-15H,3,6-7,10-11H2/t14-,15-,20?/m0/s1. The normalized spacial score (nSPS) is 30.1. The summed E-state index contributed by atoms with van der Waals surface area (Å²) in [5.41, 5.74) is 2.59. The van der Waals surface area contributed by atoms with Crippen molar-refractivity contribution in [2.24, 2.45) is 11.8 Å². The minimum absolute atomic E-state index is 0.415. The van der Waals surface area contributed by atoms with E-state index in [4.69, 9.17) is 9.47 Å². The van der Waals surface area contributed by atoms with Gasteiger partial charge in [-0.3, -0.25) is 0 Å². The Balaban J connectivity index is 1.65. The first kappa shape index (κ1) is 15.3. The quantitative estimate of drug-likeness (QED) is 0.498. The Hall–Kier alpha value is -1.00. The molecule has 5 rings (SSSR count). The molecule has 1 aliphatic carbocycles. The van der Waals surface area contributed by atoms with Crippen LogP contribution in [0.1, 0.15) is 30.4 Å². The first-order valence-corrected chi connectivity index (χ1v) is 10.2. The van der Waals surface area contributed by atoms with Crippen LogP contribution in [-0.4, -0.2) is 5.79 Å². The van der Waals surface area contributed by atoms with Gasteiger partial charge >= 0.3 is 0 Å². The Morgan fingerprint density at radius 1 is 0.792 bits per heavy atom. The third-order valence-electron chi connectivity index (χ3n) is 5.80. The molecule has 124 valence electrons. The molecule has 2 aliphatic heterocycles. The van der Waals surface area contributed by atoms with Gasteiger partial charge in [-0.15, -0.1) is 0 Å². The SMILES string of the molecule is Brc1cccc2c1OC13Oc4c(Br)cccc4C[C@@H]1CCC[C@H]3C2. The highest BCUT2D eigenvalue weighted by Crippen LogP contribution is 2.54. The zero-order chi connectivity index (χ0) is 16.3. The highest BCUT2D eigenvalue weighted by Gasteiger charge is 2.57. The summed E-state index contributed by atoms with van der Waals surface area (Å²) in [6, 6.07) is 12.7. The predicted molar refractivity (Wildman–Crippen MR) is 101 cm³/mol. The van der Waals surface area contributed by atoms with Gasteiger partial charge in [-0.05, 0) is 80.8 Å². The van der Waals surface area contributed by atoms with E-state index < -0.39 is 5.79 Å². The number of benzene rings is 2. The van der Waals surface area contributed by atoms with Crippen molar-refractivity contribution in [1.82, 2.24) is 0 Å². The number of rotatable bonds is 0.